The smallest absolute Gasteiger partial charge is 0.222 e. The fourth-order valence-corrected chi connectivity index (χ4v) is 4.02. The molecule has 2 aliphatic rings. The number of nitrogens with zero attached hydrogens (tertiary/aromatic N) is 5. The van der Waals surface area contributed by atoms with Gasteiger partial charge in [0.2, 0.25) is 5.91 Å². The van der Waals surface area contributed by atoms with Gasteiger partial charge in [-0.05, 0) is 20.3 Å². The van der Waals surface area contributed by atoms with Crippen molar-refractivity contribution in [3.8, 4) is 0 Å². The fraction of sp³-hybridized carbons (Fsp3) is 0.611. The Balaban J connectivity index is 1.53. The van der Waals surface area contributed by atoms with Gasteiger partial charge >= 0.3 is 0 Å². The zero-order valence-electron chi connectivity index (χ0n) is 14.9. The van der Waals surface area contributed by atoms with Crippen molar-refractivity contribution in [2.24, 2.45) is 5.92 Å². The van der Waals surface area contributed by atoms with Crippen LogP contribution in [0.25, 0.3) is 0 Å². The van der Waals surface area contributed by atoms with E-state index >= 15 is 0 Å². The Morgan fingerprint density at radius 3 is 2.92 bits per heavy atom. The number of rotatable bonds is 4. The second kappa shape index (κ2) is 6.63. The summed E-state index contributed by atoms with van der Waals surface area (Å²) < 4.78 is 7.56. The standard InChI is InChI=1S/C18H25N5O2/c1-13-16(14(2)25-20-13)11-21-8-15(10-23-6-3-4-18(23)24)9-22-7-5-19-17(22)12-21/h5,7,15H,3-4,6,8-12H2,1-2H3. The molecule has 2 aliphatic heterocycles. The van der Waals surface area contributed by atoms with Crippen molar-refractivity contribution >= 4 is 5.91 Å². The van der Waals surface area contributed by atoms with E-state index in [1.54, 1.807) is 0 Å². The summed E-state index contributed by atoms with van der Waals surface area (Å²) in [6.07, 6.45) is 5.61. The molecule has 1 unspecified atom stereocenters. The Bertz CT molecular complexity index is 746. The van der Waals surface area contributed by atoms with Crippen LogP contribution < -0.4 is 0 Å². The third-order valence-corrected chi connectivity index (χ3v) is 5.35. The quantitative estimate of drug-likeness (QED) is 0.846. The summed E-state index contributed by atoms with van der Waals surface area (Å²) in [7, 11) is 0. The number of amides is 1. The van der Waals surface area contributed by atoms with Crippen molar-refractivity contribution in [3.63, 3.8) is 0 Å². The molecule has 1 fully saturated rings. The van der Waals surface area contributed by atoms with Crippen LogP contribution in [0, 0.1) is 19.8 Å². The van der Waals surface area contributed by atoms with E-state index in [1.165, 1.54) is 0 Å². The number of hydrogen-bond donors (Lipinski definition) is 0. The number of aryl methyl sites for hydroxylation is 2. The van der Waals surface area contributed by atoms with Crippen molar-refractivity contribution in [1.82, 2.24) is 24.5 Å². The highest BCUT2D eigenvalue weighted by atomic mass is 16.5. The van der Waals surface area contributed by atoms with Crippen LogP contribution in [0.4, 0.5) is 0 Å². The van der Waals surface area contributed by atoms with Crippen LogP contribution in [0.1, 0.15) is 35.7 Å². The molecule has 7 heteroatoms. The molecule has 2 aromatic rings. The van der Waals surface area contributed by atoms with Gasteiger partial charge < -0.3 is 14.0 Å². The molecule has 0 bridgehead atoms. The number of hydrogen-bond acceptors (Lipinski definition) is 5. The molecule has 1 saturated heterocycles. The first kappa shape index (κ1) is 16.3. The van der Waals surface area contributed by atoms with Crippen LogP contribution in [-0.4, -0.2) is 50.0 Å². The Morgan fingerprint density at radius 1 is 1.32 bits per heavy atom. The van der Waals surface area contributed by atoms with Gasteiger partial charge in [0.1, 0.15) is 11.6 Å². The van der Waals surface area contributed by atoms with E-state index < -0.39 is 0 Å². The lowest BCUT2D eigenvalue weighted by Crippen LogP contribution is -2.37. The summed E-state index contributed by atoms with van der Waals surface area (Å²) in [6, 6.07) is 0. The summed E-state index contributed by atoms with van der Waals surface area (Å²) in [5.41, 5.74) is 2.12. The first-order valence-corrected chi connectivity index (χ1v) is 9.02. The van der Waals surface area contributed by atoms with Gasteiger partial charge in [-0.25, -0.2) is 4.98 Å². The van der Waals surface area contributed by atoms with Gasteiger partial charge in [0.15, 0.2) is 0 Å². The van der Waals surface area contributed by atoms with Crippen molar-refractivity contribution < 1.29 is 9.32 Å². The van der Waals surface area contributed by atoms with Crippen LogP contribution in [0.3, 0.4) is 0 Å². The van der Waals surface area contributed by atoms with E-state index in [4.69, 9.17) is 4.52 Å². The summed E-state index contributed by atoms with van der Waals surface area (Å²) in [4.78, 5) is 21.0. The minimum Gasteiger partial charge on any atom is -0.361 e. The molecular weight excluding hydrogens is 318 g/mol. The molecule has 134 valence electrons. The van der Waals surface area contributed by atoms with E-state index in [0.717, 1.165) is 68.5 Å². The van der Waals surface area contributed by atoms with E-state index in [1.807, 2.05) is 31.1 Å². The van der Waals surface area contributed by atoms with Crippen molar-refractivity contribution in [3.05, 3.63) is 35.2 Å². The van der Waals surface area contributed by atoms with Gasteiger partial charge in [0.05, 0.1) is 12.2 Å². The van der Waals surface area contributed by atoms with Crippen LogP contribution in [-0.2, 0) is 24.4 Å². The largest absolute Gasteiger partial charge is 0.361 e. The summed E-state index contributed by atoms with van der Waals surface area (Å²) in [5, 5.41) is 4.08. The second-order valence-electron chi connectivity index (χ2n) is 7.28. The monoisotopic (exact) mass is 343 g/mol. The lowest BCUT2D eigenvalue weighted by molar-refractivity contribution is -0.128. The first-order chi connectivity index (χ1) is 12.1. The van der Waals surface area contributed by atoms with Gasteiger partial charge in [-0.2, -0.15) is 0 Å². The molecule has 0 aromatic carbocycles. The first-order valence-electron chi connectivity index (χ1n) is 9.02. The number of carbonyl (C=O) groups is 1. The highest BCUT2D eigenvalue weighted by molar-refractivity contribution is 5.78. The van der Waals surface area contributed by atoms with Gasteiger partial charge in [-0.15, -0.1) is 0 Å². The maximum absolute atomic E-state index is 12.0. The van der Waals surface area contributed by atoms with Gasteiger partial charge in [-0.3, -0.25) is 9.69 Å². The highest BCUT2D eigenvalue weighted by Gasteiger charge is 2.28. The third kappa shape index (κ3) is 3.33. The Kier molecular flexibility index (Phi) is 4.33. The third-order valence-electron chi connectivity index (χ3n) is 5.35. The lowest BCUT2D eigenvalue weighted by Gasteiger charge is -2.27. The fourth-order valence-electron chi connectivity index (χ4n) is 4.02. The van der Waals surface area contributed by atoms with Crippen molar-refractivity contribution in [2.75, 3.05) is 19.6 Å². The molecule has 4 rings (SSSR count). The molecule has 1 atom stereocenters. The molecule has 25 heavy (non-hydrogen) atoms. The zero-order valence-corrected chi connectivity index (χ0v) is 14.9. The predicted molar refractivity (Wildman–Crippen MR) is 91.6 cm³/mol. The van der Waals surface area contributed by atoms with E-state index in [9.17, 15) is 4.79 Å². The minimum absolute atomic E-state index is 0.298. The van der Waals surface area contributed by atoms with Crippen LogP contribution in [0.15, 0.2) is 16.9 Å². The Hall–Kier alpha value is -2.15. The minimum atomic E-state index is 0.298. The topological polar surface area (TPSA) is 67.4 Å². The number of aromatic nitrogens is 3. The molecule has 0 aliphatic carbocycles. The van der Waals surface area contributed by atoms with Crippen molar-refractivity contribution in [2.45, 2.75) is 46.3 Å². The summed E-state index contributed by atoms with van der Waals surface area (Å²) >= 11 is 0. The van der Waals surface area contributed by atoms with Crippen molar-refractivity contribution in [1.29, 1.82) is 0 Å². The molecule has 1 amide bonds. The van der Waals surface area contributed by atoms with Gasteiger partial charge in [-0.1, -0.05) is 5.16 Å². The van der Waals surface area contributed by atoms with E-state index in [-0.39, 0.29) is 0 Å². The number of fused-ring (bicyclic) bond motifs is 1. The average Bonchev–Trinajstić information content (AvgIpc) is 3.23. The van der Waals surface area contributed by atoms with Crippen LogP contribution >= 0.6 is 0 Å². The lowest BCUT2D eigenvalue weighted by atomic mass is 10.1. The zero-order chi connectivity index (χ0) is 17.4. The molecule has 7 nitrogen and oxygen atoms in total. The van der Waals surface area contributed by atoms with Crippen LogP contribution in [0.5, 0.6) is 0 Å². The maximum atomic E-state index is 12.0. The Morgan fingerprint density at radius 2 is 2.20 bits per heavy atom. The predicted octanol–water partition coefficient (Wildman–Crippen LogP) is 1.74. The van der Waals surface area contributed by atoms with Gasteiger partial charge in [0.25, 0.3) is 0 Å². The maximum Gasteiger partial charge on any atom is 0.222 e. The number of imidazole rings is 1. The van der Waals surface area contributed by atoms with Crippen LogP contribution in [0.2, 0.25) is 0 Å². The molecule has 0 saturated carbocycles. The molecular formula is C18H25N5O2. The molecule has 0 N–H and O–H groups in total. The summed E-state index contributed by atoms with van der Waals surface area (Å²) in [6.45, 7) is 9.15. The highest BCUT2D eigenvalue weighted by Crippen LogP contribution is 2.22. The number of likely N-dealkylation sites (tertiary alicyclic amines) is 1. The molecule has 0 spiro atoms. The molecule has 4 heterocycles. The normalized spacial score (nSPS) is 21.6. The Labute approximate surface area is 147 Å². The van der Waals surface area contributed by atoms with E-state index in [0.29, 0.717) is 18.2 Å². The van der Waals surface area contributed by atoms with Gasteiger partial charge in [0, 0.05) is 63.0 Å². The molecule has 2 aromatic heterocycles. The SMILES string of the molecule is Cc1noc(C)c1CN1Cc2nccn2CC(CN2CCCC2=O)C1. The second-order valence-corrected chi connectivity index (χ2v) is 7.28. The number of carbonyl (C=O) groups excluding carboxylic acids is 1. The summed E-state index contributed by atoms with van der Waals surface area (Å²) in [5.74, 6) is 2.67. The van der Waals surface area contributed by atoms with E-state index in [2.05, 4.69) is 19.6 Å². The molecule has 0 radical (unpaired) electrons. The average molecular weight is 343 g/mol.